The number of nitrogens with two attached hydrogens (primary N) is 1. The molecular formula is C18H20N2O2. The third-order valence-electron chi connectivity index (χ3n) is 3.05. The van der Waals surface area contributed by atoms with Crippen LogP contribution < -0.4 is 5.73 Å². The highest BCUT2D eigenvalue weighted by atomic mass is 16.3. The Balaban J connectivity index is 0.000000253. The van der Waals surface area contributed by atoms with Crippen molar-refractivity contribution in [3.63, 3.8) is 0 Å². The van der Waals surface area contributed by atoms with Crippen molar-refractivity contribution in [2.45, 2.75) is 13.8 Å². The van der Waals surface area contributed by atoms with E-state index in [1.165, 1.54) is 5.56 Å². The first-order valence-corrected chi connectivity index (χ1v) is 6.72. The minimum Gasteiger partial charge on any atom is -0.472 e. The zero-order chi connectivity index (χ0) is 16.5. The molecule has 0 bridgehead atoms. The lowest BCUT2D eigenvalue weighted by Crippen LogP contribution is -2.13. The van der Waals surface area contributed by atoms with E-state index in [4.69, 9.17) is 15.6 Å². The molecule has 1 amide bonds. The van der Waals surface area contributed by atoms with Crippen molar-refractivity contribution in [2.24, 2.45) is 5.73 Å². The van der Waals surface area contributed by atoms with Gasteiger partial charge in [-0.15, -0.1) is 0 Å². The minimum absolute atomic E-state index is 0.362. The first-order chi connectivity index (χ1) is 10.6. The zero-order valence-electron chi connectivity index (χ0n) is 12.8. The normalized spacial score (nSPS) is 9.18. The van der Waals surface area contributed by atoms with Gasteiger partial charge in [0.15, 0.2) is 0 Å². The number of rotatable bonds is 1. The molecule has 114 valence electrons. The van der Waals surface area contributed by atoms with Crippen LogP contribution in [0.3, 0.4) is 0 Å². The van der Waals surface area contributed by atoms with Gasteiger partial charge in [0.25, 0.3) is 0 Å². The van der Waals surface area contributed by atoms with Gasteiger partial charge in [-0.05, 0) is 48.5 Å². The molecule has 4 nitrogen and oxygen atoms in total. The standard InChI is InChI=1S/C12H11NO.C5H6O.CH3N/c1-8-6-7-9-4-2-3-5-10(9)11(8)12(13)14;1-5-2-3-6-4-5;1-2/h2-7H,1H3,(H2,13,14);2-4H,1H3;2H,1H2. The van der Waals surface area contributed by atoms with Crippen LogP contribution >= 0.6 is 0 Å². The Labute approximate surface area is 130 Å². The van der Waals surface area contributed by atoms with Gasteiger partial charge in [-0.25, -0.2) is 0 Å². The summed E-state index contributed by atoms with van der Waals surface area (Å²) in [6.07, 6.45) is 3.37. The first-order valence-electron chi connectivity index (χ1n) is 6.72. The van der Waals surface area contributed by atoms with Crippen LogP contribution in [-0.2, 0) is 0 Å². The van der Waals surface area contributed by atoms with Gasteiger partial charge in [-0.3, -0.25) is 4.79 Å². The van der Waals surface area contributed by atoms with Crippen LogP contribution in [0.15, 0.2) is 59.4 Å². The molecule has 0 radical (unpaired) electrons. The quantitative estimate of drug-likeness (QED) is 0.663. The van der Waals surface area contributed by atoms with Crippen molar-refractivity contribution >= 4 is 23.4 Å². The van der Waals surface area contributed by atoms with Crippen molar-refractivity contribution in [3.8, 4) is 0 Å². The van der Waals surface area contributed by atoms with Gasteiger partial charge in [0.1, 0.15) is 0 Å². The molecule has 3 rings (SSSR count). The largest absolute Gasteiger partial charge is 0.472 e. The fourth-order valence-corrected chi connectivity index (χ4v) is 2.04. The molecule has 0 spiro atoms. The fourth-order valence-electron chi connectivity index (χ4n) is 2.04. The van der Waals surface area contributed by atoms with Crippen molar-refractivity contribution in [1.29, 1.82) is 5.41 Å². The summed E-state index contributed by atoms with van der Waals surface area (Å²) in [5.74, 6) is -0.362. The molecule has 0 saturated carbocycles. The van der Waals surface area contributed by atoms with Crippen molar-refractivity contribution in [1.82, 2.24) is 0 Å². The van der Waals surface area contributed by atoms with Crippen LogP contribution in [0, 0.1) is 19.3 Å². The van der Waals surface area contributed by atoms with E-state index in [9.17, 15) is 4.79 Å². The molecule has 0 unspecified atom stereocenters. The lowest BCUT2D eigenvalue weighted by molar-refractivity contribution is 0.100. The van der Waals surface area contributed by atoms with Crippen LogP contribution in [0.4, 0.5) is 0 Å². The predicted octanol–water partition coefficient (Wildman–Crippen LogP) is 4.10. The smallest absolute Gasteiger partial charge is 0.249 e. The van der Waals surface area contributed by atoms with E-state index in [2.05, 4.69) is 6.72 Å². The van der Waals surface area contributed by atoms with E-state index >= 15 is 0 Å². The fraction of sp³-hybridized carbons (Fsp3) is 0.111. The number of hydrogen-bond acceptors (Lipinski definition) is 3. The molecule has 22 heavy (non-hydrogen) atoms. The highest BCUT2D eigenvalue weighted by Gasteiger charge is 2.08. The second kappa shape index (κ2) is 8.42. The van der Waals surface area contributed by atoms with E-state index in [0.29, 0.717) is 5.56 Å². The van der Waals surface area contributed by atoms with Crippen molar-refractivity contribution in [2.75, 3.05) is 0 Å². The Morgan fingerprint density at radius 1 is 1.09 bits per heavy atom. The zero-order valence-corrected chi connectivity index (χ0v) is 12.8. The SMILES string of the molecule is C=N.Cc1ccc2ccccc2c1C(N)=O.Cc1ccoc1. The van der Waals surface area contributed by atoms with Crippen LogP contribution in [0.5, 0.6) is 0 Å². The molecule has 3 N–H and O–H groups in total. The lowest BCUT2D eigenvalue weighted by atomic mass is 9.99. The number of carbonyl (C=O) groups excluding carboxylic acids is 1. The summed E-state index contributed by atoms with van der Waals surface area (Å²) in [5, 5.41) is 7.48. The maximum atomic E-state index is 11.3. The Kier molecular flexibility index (Phi) is 6.57. The molecule has 3 aromatic rings. The Morgan fingerprint density at radius 3 is 2.27 bits per heavy atom. The van der Waals surface area contributed by atoms with E-state index in [0.717, 1.165) is 16.3 Å². The summed E-state index contributed by atoms with van der Waals surface area (Å²) in [6, 6.07) is 13.6. The van der Waals surface area contributed by atoms with Crippen molar-refractivity contribution in [3.05, 3.63) is 71.7 Å². The average Bonchev–Trinajstić information content (AvgIpc) is 3.00. The molecule has 1 heterocycles. The van der Waals surface area contributed by atoms with E-state index in [1.54, 1.807) is 12.5 Å². The highest BCUT2D eigenvalue weighted by molar-refractivity contribution is 6.07. The predicted molar refractivity (Wildman–Crippen MR) is 90.5 cm³/mol. The summed E-state index contributed by atoms with van der Waals surface area (Å²) >= 11 is 0. The number of primary amides is 1. The third kappa shape index (κ3) is 4.31. The molecule has 4 heteroatoms. The van der Waals surface area contributed by atoms with E-state index < -0.39 is 0 Å². The van der Waals surface area contributed by atoms with Gasteiger partial charge in [0.05, 0.1) is 12.5 Å². The van der Waals surface area contributed by atoms with Gasteiger partial charge < -0.3 is 15.6 Å². The second-order valence-electron chi connectivity index (χ2n) is 4.64. The van der Waals surface area contributed by atoms with Crippen LogP contribution in [0.1, 0.15) is 21.5 Å². The summed E-state index contributed by atoms with van der Waals surface area (Å²) in [6.45, 7) is 6.38. The molecule has 2 aromatic carbocycles. The van der Waals surface area contributed by atoms with Crippen molar-refractivity contribution < 1.29 is 9.21 Å². The summed E-state index contributed by atoms with van der Waals surface area (Å²) < 4.78 is 4.71. The second-order valence-corrected chi connectivity index (χ2v) is 4.64. The maximum absolute atomic E-state index is 11.3. The van der Waals surface area contributed by atoms with Gasteiger partial charge >= 0.3 is 0 Å². The molecule has 0 aliphatic carbocycles. The van der Waals surface area contributed by atoms with Gasteiger partial charge in [0.2, 0.25) is 5.91 Å². The number of fused-ring (bicyclic) bond motifs is 1. The maximum Gasteiger partial charge on any atom is 0.249 e. The Morgan fingerprint density at radius 2 is 1.77 bits per heavy atom. The molecule has 0 aliphatic heterocycles. The van der Waals surface area contributed by atoms with Crippen LogP contribution in [0.2, 0.25) is 0 Å². The lowest BCUT2D eigenvalue weighted by Gasteiger charge is -2.06. The molecule has 0 aliphatic rings. The topological polar surface area (TPSA) is 80.1 Å². The van der Waals surface area contributed by atoms with E-state index in [-0.39, 0.29) is 5.91 Å². The monoisotopic (exact) mass is 296 g/mol. The molecule has 1 aromatic heterocycles. The summed E-state index contributed by atoms with van der Waals surface area (Å²) in [4.78, 5) is 11.3. The van der Waals surface area contributed by atoms with Gasteiger partial charge in [-0.2, -0.15) is 0 Å². The van der Waals surface area contributed by atoms with E-state index in [1.807, 2.05) is 56.3 Å². The number of nitrogens with one attached hydrogen (secondary N) is 1. The summed E-state index contributed by atoms with van der Waals surface area (Å²) in [7, 11) is 0. The highest BCUT2D eigenvalue weighted by Crippen LogP contribution is 2.21. The number of amides is 1. The third-order valence-corrected chi connectivity index (χ3v) is 3.05. The van der Waals surface area contributed by atoms with Gasteiger partial charge in [-0.1, -0.05) is 36.4 Å². The molecular weight excluding hydrogens is 276 g/mol. The molecule has 0 saturated heterocycles. The number of benzene rings is 2. The van der Waals surface area contributed by atoms with Crippen LogP contribution in [-0.4, -0.2) is 12.6 Å². The van der Waals surface area contributed by atoms with Gasteiger partial charge in [0, 0.05) is 5.56 Å². The Hall–Kier alpha value is -2.88. The first kappa shape index (κ1) is 17.2. The average molecular weight is 296 g/mol. The molecule has 0 fully saturated rings. The van der Waals surface area contributed by atoms with Crippen LogP contribution in [0.25, 0.3) is 10.8 Å². The number of hydrogen-bond donors (Lipinski definition) is 2. The minimum atomic E-state index is -0.362. The summed E-state index contributed by atoms with van der Waals surface area (Å²) in [5.41, 5.74) is 8.07. The number of carbonyl (C=O) groups is 1. The Bertz CT molecular complexity index is 734. The molecule has 0 atom stereocenters. The number of furan rings is 1. The number of aryl methyl sites for hydroxylation is 2.